The second-order valence-corrected chi connectivity index (χ2v) is 7.96. The Labute approximate surface area is 142 Å². The molecule has 0 bridgehead atoms. The molecule has 0 spiro atoms. The van der Waals surface area contributed by atoms with Gasteiger partial charge in [0.2, 0.25) is 10.0 Å². The molecule has 130 valence electrons. The smallest absolute Gasteiger partial charge is 0.244 e. The van der Waals surface area contributed by atoms with Crippen LogP contribution in [-0.4, -0.2) is 24.7 Å². The van der Waals surface area contributed by atoms with Gasteiger partial charge >= 0.3 is 0 Å². The van der Waals surface area contributed by atoms with E-state index < -0.39 is 10.0 Å². The SMILES string of the molecule is Cc1n[nH]c(C)c1S(=O)(=O)NCc1ccc(OC2CCCC2)cc1. The monoisotopic (exact) mass is 349 g/mol. The first-order chi connectivity index (χ1) is 11.5. The van der Waals surface area contributed by atoms with Crippen molar-refractivity contribution >= 4 is 10.0 Å². The van der Waals surface area contributed by atoms with Gasteiger partial charge in [0, 0.05) is 6.54 Å². The zero-order valence-electron chi connectivity index (χ0n) is 14.0. The molecule has 1 saturated carbocycles. The maximum absolute atomic E-state index is 12.4. The maximum atomic E-state index is 12.4. The second-order valence-electron chi connectivity index (χ2n) is 6.26. The number of H-pyrrole nitrogens is 1. The van der Waals surface area contributed by atoms with Gasteiger partial charge in [-0.25, -0.2) is 13.1 Å². The predicted molar refractivity (Wildman–Crippen MR) is 91.4 cm³/mol. The Morgan fingerprint density at radius 3 is 2.46 bits per heavy atom. The first-order valence-corrected chi connectivity index (χ1v) is 9.71. The number of sulfonamides is 1. The highest BCUT2D eigenvalue weighted by Crippen LogP contribution is 2.24. The number of aromatic nitrogens is 2. The van der Waals surface area contributed by atoms with E-state index in [0.717, 1.165) is 24.2 Å². The summed E-state index contributed by atoms with van der Waals surface area (Å²) in [5.41, 5.74) is 1.90. The summed E-state index contributed by atoms with van der Waals surface area (Å²) >= 11 is 0. The number of nitrogens with zero attached hydrogens (tertiary/aromatic N) is 1. The van der Waals surface area contributed by atoms with Crippen molar-refractivity contribution in [2.45, 2.75) is 57.1 Å². The lowest BCUT2D eigenvalue weighted by atomic mass is 10.2. The van der Waals surface area contributed by atoms with E-state index in [4.69, 9.17) is 4.74 Å². The molecule has 1 aromatic carbocycles. The van der Waals surface area contributed by atoms with Crippen LogP contribution in [0, 0.1) is 13.8 Å². The third-order valence-electron chi connectivity index (χ3n) is 4.32. The molecule has 1 fully saturated rings. The summed E-state index contributed by atoms with van der Waals surface area (Å²) in [6.07, 6.45) is 5.02. The van der Waals surface area contributed by atoms with Gasteiger partial charge in [-0.05, 0) is 57.2 Å². The molecular weight excluding hydrogens is 326 g/mol. The van der Waals surface area contributed by atoms with Gasteiger partial charge in [-0.1, -0.05) is 12.1 Å². The minimum Gasteiger partial charge on any atom is -0.490 e. The summed E-state index contributed by atoms with van der Waals surface area (Å²) in [5, 5.41) is 6.63. The Morgan fingerprint density at radius 2 is 1.88 bits per heavy atom. The van der Waals surface area contributed by atoms with E-state index in [1.165, 1.54) is 12.8 Å². The van der Waals surface area contributed by atoms with Crippen molar-refractivity contribution in [3.8, 4) is 5.75 Å². The van der Waals surface area contributed by atoms with Gasteiger partial charge in [0.15, 0.2) is 0 Å². The summed E-state index contributed by atoms with van der Waals surface area (Å²) in [4.78, 5) is 0.226. The van der Waals surface area contributed by atoms with Gasteiger partial charge in [-0.15, -0.1) is 0 Å². The summed E-state index contributed by atoms with van der Waals surface area (Å²) in [7, 11) is -3.58. The molecule has 0 amide bonds. The summed E-state index contributed by atoms with van der Waals surface area (Å²) in [6.45, 7) is 3.60. The van der Waals surface area contributed by atoms with Gasteiger partial charge in [0.1, 0.15) is 10.6 Å². The van der Waals surface area contributed by atoms with Crippen LogP contribution in [0.15, 0.2) is 29.2 Å². The average Bonchev–Trinajstić information content (AvgIpc) is 3.17. The number of aromatic amines is 1. The largest absolute Gasteiger partial charge is 0.490 e. The second kappa shape index (κ2) is 6.94. The van der Waals surface area contributed by atoms with Crippen LogP contribution >= 0.6 is 0 Å². The zero-order valence-corrected chi connectivity index (χ0v) is 14.8. The number of benzene rings is 1. The summed E-state index contributed by atoms with van der Waals surface area (Å²) in [5.74, 6) is 0.843. The highest BCUT2D eigenvalue weighted by molar-refractivity contribution is 7.89. The number of rotatable bonds is 6. The molecule has 1 aliphatic carbocycles. The van der Waals surface area contributed by atoms with Gasteiger partial charge < -0.3 is 4.74 Å². The van der Waals surface area contributed by atoms with Gasteiger partial charge in [-0.2, -0.15) is 5.10 Å². The van der Waals surface area contributed by atoms with E-state index in [1.54, 1.807) is 13.8 Å². The fraction of sp³-hybridized carbons (Fsp3) is 0.471. The van der Waals surface area contributed by atoms with E-state index in [2.05, 4.69) is 14.9 Å². The summed E-state index contributed by atoms with van der Waals surface area (Å²) < 4.78 is 33.4. The molecular formula is C17H23N3O3S. The molecule has 1 aliphatic rings. The number of aryl methyl sites for hydroxylation is 2. The number of hydrogen-bond acceptors (Lipinski definition) is 4. The molecule has 2 aromatic rings. The quantitative estimate of drug-likeness (QED) is 0.840. The Morgan fingerprint density at radius 1 is 1.21 bits per heavy atom. The molecule has 0 saturated heterocycles. The van der Waals surface area contributed by atoms with Crippen LogP contribution in [0.4, 0.5) is 0 Å². The highest BCUT2D eigenvalue weighted by atomic mass is 32.2. The lowest BCUT2D eigenvalue weighted by Gasteiger charge is -2.13. The van der Waals surface area contributed by atoms with E-state index in [9.17, 15) is 8.42 Å². The van der Waals surface area contributed by atoms with E-state index in [-0.39, 0.29) is 11.4 Å². The van der Waals surface area contributed by atoms with Crippen molar-refractivity contribution in [3.05, 3.63) is 41.2 Å². The lowest BCUT2D eigenvalue weighted by Crippen LogP contribution is -2.24. The summed E-state index contributed by atoms with van der Waals surface area (Å²) in [6, 6.07) is 7.58. The fourth-order valence-electron chi connectivity index (χ4n) is 3.07. The van der Waals surface area contributed by atoms with Gasteiger partial charge in [0.25, 0.3) is 0 Å². The number of nitrogens with one attached hydrogen (secondary N) is 2. The molecule has 6 nitrogen and oxygen atoms in total. The normalized spacial score (nSPS) is 15.8. The van der Waals surface area contributed by atoms with Crippen molar-refractivity contribution in [2.24, 2.45) is 0 Å². The predicted octanol–water partition coefficient (Wildman–Crippen LogP) is 2.83. The maximum Gasteiger partial charge on any atom is 0.244 e. The Bertz CT molecular complexity index is 771. The van der Waals surface area contributed by atoms with Crippen LogP contribution in [0.3, 0.4) is 0 Å². The third kappa shape index (κ3) is 3.79. The first-order valence-electron chi connectivity index (χ1n) is 8.22. The molecule has 7 heteroatoms. The van der Waals surface area contributed by atoms with E-state index in [0.29, 0.717) is 17.5 Å². The molecule has 0 aliphatic heterocycles. The van der Waals surface area contributed by atoms with E-state index in [1.807, 2.05) is 24.3 Å². The minimum absolute atomic E-state index is 0.226. The molecule has 0 radical (unpaired) electrons. The topological polar surface area (TPSA) is 84.1 Å². The molecule has 3 rings (SSSR count). The van der Waals surface area contributed by atoms with Crippen molar-refractivity contribution in [1.29, 1.82) is 0 Å². The number of ether oxygens (including phenoxy) is 1. The fourth-order valence-corrected chi connectivity index (χ4v) is 4.46. The molecule has 24 heavy (non-hydrogen) atoms. The highest BCUT2D eigenvalue weighted by Gasteiger charge is 2.22. The molecule has 0 atom stereocenters. The first kappa shape index (κ1) is 17.0. The standard InChI is InChI=1S/C17H23N3O3S/c1-12-17(13(2)20-19-12)24(21,22)18-11-14-7-9-16(10-8-14)23-15-5-3-4-6-15/h7-10,15,18H,3-6,11H2,1-2H3,(H,19,20). The van der Waals surface area contributed by atoms with Crippen LogP contribution in [0.2, 0.25) is 0 Å². The minimum atomic E-state index is -3.58. The van der Waals surface area contributed by atoms with Crippen molar-refractivity contribution in [2.75, 3.05) is 0 Å². The Hall–Kier alpha value is -1.86. The van der Waals surface area contributed by atoms with Gasteiger partial charge in [0.05, 0.1) is 17.5 Å². The van der Waals surface area contributed by atoms with Gasteiger partial charge in [-0.3, -0.25) is 5.10 Å². The lowest BCUT2D eigenvalue weighted by molar-refractivity contribution is 0.210. The van der Waals surface area contributed by atoms with Crippen LogP contribution in [0.25, 0.3) is 0 Å². The van der Waals surface area contributed by atoms with Crippen LogP contribution in [-0.2, 0) is 16.6 Å². The van der Waals surface area contributed by atoms with Crippen molar-refractivity contribution in [1.82, 2.24) is 14.9 Å². The third-order valence-corrected chi connectivity index (χ3v) is 5.99. The van der Waals surface area contributed by atoms with Crippen LogP contribution < -0.4 is 9.46 Å². The molecule has 0 unspecified atom stereocenters. The molecule has 1 aromatic heterocycles. The van der Waals surface area contributed by atoms with Crippen LogP contribution in [0.1, 0.15) is 42.6 Å². The average molecular weight is 349 g/mol. The van der Waals surface area contributed by atoms with E-state index >= 15 is 0 Å². The molecule has 2 N–H and O–H groups in total. The number of hydrogen-bond donors (Lipinski definition) is 2. The van der Waals surface area contributed by atoms with Crippen molar-refractivity contribution in [3.63, 3.8) is 0 Å². The molecule has 1 heterocycles. The Kier molecular flexibility index (Phi) is 4.91. The zero-order chi connectivity index (χ0) is 17.2. The van der Waals surface area contributed by atoms with Crippen LogP contribution in [0.5, 0.6) is 5.75 Å². The van der Waals surface area contributed by atoms with Crippen molar-refractivity contribution < 1.29 is 13.2 Å². The Balaban J connectivity index is 1.62.